The van der Waals surface area contributed by atoms with E-state index in [1.165, 1.54) is 0 Å². The van der Waals surface area contributed by atoms with Crippen molar-refractivity contribution in [3.63, 3.8) is 0 Å². The van der Waals surface area contributed by atoms with Gasteiger partial charge in [0.15, 0.2) is 0 Å². The molecule has 0 saturated carbocycles. The van der Waals surface area contributed by atoms with Crippen molar-refractivity contribution in [1.82, 2.24) is 9.97 Å². The van der Waals surface area contributed by atoms with Gasteiger partial charge < -0.3 is 18.9 Å². The molecule has 0 radical (unpaired) electrons. The maximum atomic E-state index is 6.40. The minimum absolute atomic E-state index is 0. The number of para-hydroxylation sites is 2. The van der Waals surface area contributed by atoms with Gasteiger partial charge >= 0.3 is 21.1 Å². The first-order valence-electron chi connectivity index (χ1n) is 13.1. The van der Waals surface area contributed by atoms with E-state index in [2.05, 4.69) is 24.3 Å². The zero-order valence-corrected chi connectivity index (χ0v) is 23.6. The van der Waals surface area contributed by atoms with Crippen LogP contribution in [0.4, 0.5) is 0 Å². The van der Waals surface area contributed by atoms with E-state index in [1.54, 1.807) is 0 Å². The number of oxazole rings is 1. The SMILES string of the molecule is [Pt+2].[c-]1c(-c2nc3ccccc3o2)ccc2c1B1c3[c-]c(-c4nccc5ccccc45)ccc3Oc3cccc(c31)O2. The number of benzene rings is 5. The summed E-state index contributed by atoms with van der Waals surface area (Å²) in [7, 11) is 0. The monoisotopic (exact) mass is 707 g/mol. The summed E-state index contributed by atoms with van der Waals surface area (Å²) in [6.45, 7) is -0.196. The van der Waals surface area contributed by atoms with Crippen molar-refractivity contribution >= 4 is 45.0 Å². The Morgan fingerprint density at radius 2 is 1.34 bits per heavy atom. The third-order valence-electron chi connectivity index (χ3n) is 7.66. The van der Waals surface area contributed by atoms with Crippen LogP contribution < -0.4 is 25.9 Å². The van der Waals surface area contributed by atoms with E-state index in [0.29, 0.717) is 5.89 Å². The Bertz CT molecular complexity index is 2110. The Morgan fingerprint density at radius 3 is 2.15 bits per heavy atom. The largest absolute Gasteiger partial charge is 2.00 e. The third-order valence-corrected chi connectivity index (χ3v) is 7.66. The topological polar surface area (TPSA) is 57.4 Å². The Labute approximate surface area is 250 Å². The van der Waals surface area contributed by atoms with Crippen molar-refractivity contribution in [3.05, 3.63) is 115 Å². The van der Waals surface area contributed by atoms with Crippen LogP contribution in [0, 0.1) is 12.1 Å². The van der Waals surface area contributed by atoms with E-state index >= 15 is 0 Å². The Morgan fingerprint density at radius 1 is 0.634 bits per heavy atom. The van der Waals surface area contributed by atoms with Gasteiger partial charge in [-0.15, -0.1) is 52.9 Å². The van der Waals surface area contributed by atoms with Crippen molar-refractivity contribution < 1.29 is 35.0 Å². The molecule has 7 aromatic rings. The van der Waals surface area contributed by atoms with E-state index in [-0.39, 0.29) is 27.8 Å². The molecular weight excluding hydrogens is 690 g/mol. The molecule has 0 unspecified atom stereocenters. The molecule has 0 aliphatic carbocycles. The number of pyridine rings is 1. The second-order valence-electron chi connectivity index (χ2n) is 9.97. The molecule has 5 aromatic carbocycles. The van der Waals surface area contributed by atoms with Gasteiger partial charge in [-0.2, -0.15) is 0 Å². The van der Waals surface area contributed by atoms with Gasteiger partial charge in [0, 0.05) is 23.2 Å². The van der Waals surface area contributed by atoms with Crippen LogP contribution in [-0.2, 0) is 21.1 Å². The first-order valence-corrected chi connectivity index (χ1v) is 13.1. The Balaban J connectivity index is 0.00000256. The summed E-state index contributed by atoms with van der Waals surface area (Å²) >= 11 is 0. The van der Waals surface area contributed by atoms with Gasteiger partial charge in [0.2, 0.25) is 6.71 Å². The summed E-state index contributed by atoms with van der Waals surface area (Å²) in [5, 5.41) is 2.21. The summed E-state index contributed by atoms with van der Waals surface area (Å²) in [5.41, 5.74) is 6.88. The van der Waals surface area contributed by atoms with E-state index in [0.717, 1.165) is 78.1 Å². The smallest absolute Gasteiger partial charge is 0.503 e. The standard InChI is InChI=1S/C34H17BN2O3.Pt/c1-2-7-23-20(6-1)16-17-36-33(23)21-12-14-27-24(18-21)35-25-19-22(34-37-26-8-3-4-9-29(26)40-34)13-15-28(25)39-31-11-5-10-30(38-27)32(31)35;/h1-17H;/q-2;+2. The van der Waals surface area contributed by atoms with Crippen LogP contribution in [0.3, 0.4) is 0 Å². The molecule has 0 N–H and O–H groups in total. The number of aromatic nitrogens is 2. The summed E-state index contributed by atoms with van der Waals surface area (Å²) in [6.07, 6.45) is 1.85. The number of hydrogen-bond donors (Lipinski definition) is 0. The third kappa shape index (κ3) is 3.68. The molecule has 0 bridgehead atoms. The van der Waals surface area contributed by atoms with Crippen LogP contribution in [0.15, 0.2) is 108 Å². The average molecular weight is 707 g/mol. The van der Waals surface area contributed by atoms with Crippen molar-refractivity contribution in [2.24, 2.45) is 0 Å². The Hall–Kier alpha value is -4.67. The molecule has 2 aliphatic heterocycles. The van der Waals surface area contributed by atoms with Crippen LogP contribution in [0.25, 0.3) is 44.6 Å². The van der Waals surface area contributed by atoms with E-state index in [9.17, 15) is 0 Å². The van der Waals surface area contributed by atoms with Crippen LogP contribution in [-0.4, -0.2) is 16.7 Å². The minimum atomic E-state index is -0.196. The van der Waals surface area contributed by atoms with E-state index in [1.807, 2.05) is 91.1 Å². The average Bonchev–Trinajstić information content (AvgIpc) is 3.45. The van der Waals surface area contributed by atoms with Crippen LogP contribution in [0.5, 0.6) is 23.0 Å². The van der Waals surface area contributed by atoms with Crippen LogP contribution in [0.1, 0.15) is 0 Å². The number of rotatable bonds is 2. The van der Waals surface area contributed by atoms with Gasteiger partial charge in [0.1, 0.15) is 23.0 Å². The molecule has 7 heteroatoms. The predicted octanol–water partition coefficient (Wildman–Crippen LogP) is 6.04. The number of hydrogen-bond acceptors (Lipinski definition) is 5. The molecular formula is C34H17BN2O3Pt. The molecule has 41 heavy (non-hydrogen) atoms. The molecule has 0 atom stereocenters. The molecule has 0 saturated heterocycles. The fraction of sp³-hybridized carbons (Fsp3) is 0. The zero-order valence-electron chi connectivity index (χ0n) is 21.3. The fourth-order valence-corrected chi connectivity index (χ4v) is 5.84. The van der Waals surface area contributed by atoms with Crippen molar-refractivity contribution in [2.45, 2.75) is 0 Å². The zero-order chi connectivity index (χ0) is 26.2. The van der Waals surface area contributed by atoms with Crippen LogP contribution >= 0.6 is 0 Å². The summed E-state index contributed by atoms with van der Waals surface area (Å²) in [4.78, 5) is 9.45. The van der Waals surface area contributed by atoms with Crippen molar-refractivity contribution in [2.75, 3.05) is 0 Å². The van der Waals surface area contributed by atoms with Gasteiger partial charge in [-0.05, 0) is 46.8 Å². The normalized spacial score (nSPS) is 12.5. The Kier molecular flexibility index (Phi) is 5.41. The molecule has 5 nitrogen and oxygen atoms in total. The number of fused-ring (bicyclic) bond motifs is 6. The maximum Gasteiger partial charge on any atom is 2.00 e. The second kappa shape index (κ2) is 9.19. The van der Waals surface area contributed by atoms with Gasteiger partial charge in [-0.1, -0.05) is 48.0 Å². The number of ether oxygens (including phenoxy) is 2. The first-order chi connectivity index (χ1) is 19.8. The maximum absolute atomic E-state index is 6.40. The first kappa shape index (κ1) is 24.2. The van der Waals surface area contributed by atoms with Crippen molar-refractivity contribution in [1.29, 1.82) is 0 Å². The van der Waals surface area contributed by atoms with Gasteiger partial charge in [0.25, 0.3) is 0 Å². The molecule has 0 spiro atoms. The molecule has 2 aromatic heterocycles. The van der Waals surface area contributed by atoms with Crippen molar-refractivity contribution in [3.8, 4) is 45.7 Å². The predicted molar refractivity (Wildman–Crippen MR) is 156 cm³/mol. The summed E-state index contributed by atoms with van der Waals surface area (Å²) < 4.78 is 18.9. The molecule has 2 aliphatic rings. The number of nitrogens with zero attached hydrogens (tertiary/aromatic N) is 2. The van der Waals surface area contributed by atoms with E-state index < -0.39 is 0 Å². The van der Waals surface area contributed by atoms with E-state index in [4.69, 9.17) is 23.9 Å². The van der Waals surface area contributed by atoms with Gasteiger partial charge in [-0.25, -0.2) is 0 Å². The molecule has 0 amide bonds. The molecule has 9 rings (SSSR count). The van der Waals surface area contributed by atoms with Gasteiger partial charge in [0.05, 0.1) is 5.52 Å². The van der Waals surface area contributed by atoms with Crippen LogP contribution in [0.2, 0.25) is 0 Å². The summed E-state index contributed by atoms with van der Waals surface area (Å²) in [6, 6.07) is 39.2. The second-order valence-corrected chi connectivity index (χ2v) is 9.97. The molecule has 4 heterocycles. The summed E-state index contributed by atoms with van der Waals surface area (Å²) in [5.74, 6) is 3.56. The fourth-order valence-electron chi connectivity index (χ4n) is 5.84. The quantitative estimate of drug-likeness (QED) is 0.162. The molecule has 0 fully saturated rings. The van der Waals surface area contributed by atoms with Gasteiger partial charge in [-0.3, -0.25) is 4.98 Å². The minimum Gasteiger partial charge on any atom is -0.503 e. The molecule has 194 valence electrons.